The van der Waals surface area contributed by atoms with Crippen LogP contribution in [0.25, 0.3) is 0 Å². The minimum Gasteiger partial charge on any atom is -0.383 e. The minimum atomic E-state index is 0.719. The summed E-state index contributed by atoms with van der Waals surface area (Å²) in [5.74, 6) is 0. The molecule has 1 aromatic heterocycles. The summed E-state index contributed by atoms with van der Waals surface area (Å²) in [4.78, 5) is 0. The molecule has 0 spiro atoms. The van der Waals surface area contributed by atoms with Gasteiger partial charge in [-0.25, -0.2) is 0 Å². The first-order valence-electron chi connectivity index (χ1n) is 5.55. The van der Waals surface area contributed by atoms with Crippen molar-refractivity contribution in [2.45, 2.75) is 38.9 Å². The van der Waals surface area contributed by atoms with Gasteiger partial charge in [0.1, 0.15) is 0 Å². The first kappa shape index (κ1) is 10.6. The fourth-order valence-corrected chi connectivity index (χ4v) is 1.57. The van der Waals surface area contributed by atoms with E-state index in [0.29, 0.717) is 0 Å². The molecule has 4 nitrogen and oxygen atoms in total. The van der Waals surface area contributed by atoms with Gasteiger partial charge in [0.05, 0.1) is 18.8 Å². The third-order valence-corrected chi connectivity index (χ3v) is 2.73. The van der Waals surface area contributed by atoms with E-state index in [-0.39, 0.29) is 0 Å². The van der Waals surface area contributed by atoms with Crippen LogP contribution >= 0.6 is 0 Å². The molecular weight excluding hydrogens is 190 g/mol. The highest BCUT2D eigenvalue weighted by atomic mass is 16.5. The first-order chi connectivity index (χ1) is 7.29. The maximum atomic E-state index is 5.03. The molecule has 0 bridgehead atoms. The van der Waals surface area contributed by atoms with Crippen LogP contribution in [-0.4, -0.2) is 29.5 Å². The van der Waals surface area contributed by atoms with Crippen LogP contribution in [0.15, 0.2) is 6.20 Å². The van der Waals surface area contributed by atoms with E-state index in [1.165, 1.54) is 18.4 Å². The highest BCUT2D eigenvalue weighted by Gasteiger charge is 2.20. The maximum Gasteiger partial charge on any atom is 0.0658 e. The molecule has 2 rings (SSSR count). The number of nitrogens with zero attached hydrogens (tertiary/aromatic N) is 2. The molecule has 1 heterocycles. The number of ether oxygens (including phenoxy) is 1. The summed E-state index contributed by atoms with van der Waals surface area (Å²) in [7, 11) is 1.71. The van der Waals surface area contributed by atoms with E-state index in [9.17, 15) is 0 Å². The molecule has 1 fully saturated rings. The first-order valence-corrected chi connectivity index (χ1v) is 5.55. The molecule has 4 heteroatoms. The minimum absolute atomic E-state index is 0.719. The average molecular weight is 209 g/mol. The Bertz CT molecular complexity index is 318. The molecule has 1 aromatic rings. The Morgan fingerprint density at radius 3 is 3.07 bits per heavy atom. The molecule has 1 aliphatic rings. The molecule has 1 aliphatic carbocycles. The predicted octanol–water partition coefficient (Wildman–Crippen LogP) is 1.09. The normalized spacial score (nSPS) is 15.9. The molecular formula is C11H19N3O. The van der Waals surface area contributed by atoms with E-state index in [1.807, 2.05) is 4.68 Å². The van der Waals surface area contributed by atoms with Gasteiger partial charge in [-0.1, -0.05) is 0 Å². The molecule has 1 saturated carbocycles. The Balaban J connectivity index is 1.87. The average Bonchev–Trinajstić information content (AvgIpc) is 2.98. The highest BCUT2D eigenvalue weighted by molar-refractivity contribution is 5.15. The molecule has 84 valence electrons. The van der Waals surface area contributed by atoms with Crippen molar-refractivity contribution in [1.82, 2.24) is 15.1 Å². The van der Waals surface area contributed by atoms with Crippen molar-refractivity contribution in [3.05, 3.63) is 17.5 Å². The van der Waals surface area contributed by atoms with Crippen molar-refractivity contribution in [3.63, 3.8) is 0 Å². The Morgan fingerprint density at radius 2 is 2.40 bits per heavy atom. The van der Waals surface area contributed by atoms with Gasteiger partial charge in [0.2, 0.25) is 0 Å². The van der Waals surface area contributed by atoms with Gasteiger partial charge >= 0.3 is 0 Å². The van der Waals surface area contributed by atoms with Crippen LogP contribution in [0.3, 0.4) is 0 Å². The summed E-state index contributed by atoms with van der Waals surface area (Å²) in [6, 6.07) is 0.756. The SMILES string of the molecule is COCCn1cc(CNC2CC2)c(C)n1. The lowest BCUT2D eigenvalue weighted by molar-refractivity contribution is 0.183. The quantitative estimate of drug-likeness (QED) is 0.762. The van der Waals surface area contributed by atoms with Crippen LogP contribution in [0.1, 0.15) is 24.1 Å². The van der Waals surface area contributed by atoms with Gasteiger partial charge in [0, 0.05) is 31.5 Å². The lowest BCUT2D eigenvalue weighted by Crippen LogP contribution is -2.15. The van der Waals surface area contributed by atoms with Gasteiger partial charge in [-0.2, -0.15) is 5.10 Å². The van der Waals surface area contributed by atoms with E-state index < -0.39 is 0 Å². The number of hydrogen-bond donors (Lipinski definition) is 1. The number of methoxy groups -OCH3 is 1. The fourth-order valence-electron chi connectivity index (χ4n) is 1.57. The Morgan fingerprint density at radius 1 is 1.60 bits per heavy atom. The predicted molar refractivity (Wildman–Crippen MR) is 58.7 cm³/mol. The summed E-state index contributed by atoms with van der Waals surface area (Å²) >= 11 is 0. The number of aromatic nitrogens is 2. The molecule has 0 aliphatic heterocycles. The van der Waals surface area contributed by atoms with Crippen LogP contribution in [-0.2, 0) is 17.8 Å². The van der Waals surface area contributed by atoms with Crippen molar-refractivity contribution in [1.29, 1.82) is 0 Å². The number of aryl methyl sites for hydroxylation is 1. The number of hydrogen-bond acceptors (Lipinski definition) is 3. The highest BCUT2D eigenvalue weighted by Crippen LogP contribution is 2.19. The second kappa shape index (κ2) is 4.77. The zero-order valence-corrected chi connectivity index (χ0v) is 9.49. The van der Waals surface area contributed by atoms with Crippen molar-refractivity contribution >= 4 is 0 Å². The van der Waals surface area contributed by atoms with Crippen molar-refractivity contribution in [2.24, 2.45) is 0 Å². The summed E-state index contributed by atoms with van der Waals surface area (Å²) in [6.07, 6.45) is 4.78. The Labute approximate surface area is 90.6 Å². The summed E-state index contributed by atoms with van der Waals surface area (Å²) < 4.78 is 6.99. The van der Waals surface area contributed by atoms with E-state index >= 15 is 0 Å². The molecule has 0 radical (unpaired) electrons. The molecule has 0 aromatic carbocycles. The summed E-state index contributed by atoms with van der Waals surface area (Å²) in [6.45, 7) is 4.56. The van der Waals surface area contributed by atoms with E-state index in [4.69, 9.17) is 4.74 Å². The third kappa shape index (κ3) is 3.04. The number of rotatable bonds is 6. The topological polar surface area (TPSA) is 39.1 Å². The van der Waals surface area contributed by atoms with Gasteiger partial charge in [-0.05, 0) is 19.8 Å². The molecule has 0 amide bonds. The van der Waals surface area contributed by atoms with Crippen LogP contribution < -0.4 is 5.32 Å². The van der Waals surface area contributed by atoms with Crippen LogP contribution in [0.2, 0.25) is 0 Å². The zero-order chi connectivity index (χ0) is 10.7. The number of nitrogens with one attached hydrogen (secondary N) is 1. The smallest absolute Gasteiger partial charge is 0.0658 e. The molecule has 1 N–H and O–H groups in total. The van der Waals surface area contributed by atoms with Gasteiger partial charge in [0.25, 0.3) is 0 Å². The monoisotopic (exact) mass is 209 g/mol. The maximum absolute atomic E-state index is 5.03. The fraction of sp³-hybridized carbons (Fsp3) is 0.727. The van der Waals surface area contributed by atoms with Gasteiger partial charge in [-0.15, -0.1) is 0 Å². The van der Waals surface area contributed by atoms with Gasteiger partial charge < -0.3 is 10.1 Å². The lowest BCUT2D eigenvalue weighted by Gasteiger charge is -2.00. The van der Waals surface area contributed by atoms with E-state index in [1.54, 1.807) is 7.11 Å². The van der Waals surface area contributed by atoms with Crippen molar-refractivity contribution < 1.29 is 4.74 Å². The molecule has 0 saturated heterocycles. The molecule has 15 heavy (non-hydrogen) atoms. The van der Waals surface area contributed by atoms with Crippen LogP contribution in [0.5, 0.6) is 0 Å². The zero-order valence-electron chi connectivity index (χ0n) is 9.49. The van der Waals surface area contributed by atoms with Crippen molar-refractivity contribution in [2.75, 3.05) is 13.7 Å². The van der Waals surface area contributed by atoms with Gasteiger partial charge in [-0.3, -0.25) is 4.68 Å². The van der Waals surface area contributed by atoms with Crippen molar-refractivity contribution in [3.8, 4) is 0 Å². The second-order valence-corrected chi connectivity index (χ2v) is 4.15. The second-order valence-electron chi connectivity index (χ2n) is 4.15. The summed E-state index contributed by atoms with van der Waals surface area (Å²) in [5.41, 5.74) is 2.43. The van der Waals surface area contributed by atoms with Crippen LogP contribution in [0, 0.1) is 6.92 Å². The molecule has 0 unspecified atom stereocenters. The largest absolute Gasteiger partial charge is 0.383 e. The lowest BCUT2D eigenvalue weighted by atomic mass is 10.2. The Hall–Kier alpha value is -0.870. The standard InChI is InChI=1S/C11H19N3O/c1-9-10(7-12-11-3-4-11)8-14(13-9)5-6-15-2/h8,11-12H,3-7H2,1-2H3. The van der Waals surface area contributed by atoms with E-state index in [0.717, 1.165) is 31.4 Å². The Kier molecular flexibility index (Phi) is 3.38. The third-order valence-electron chi connectivity index (χ3n) is 2.73. The van der Waals surface area contributed by atoms with E-state index in [2.05, 4.69) is 23.5 Å². The summed E-state index contributed by atoms with van der Waals surface area (Å²) in [5, 5.41) is 7.94. The van der Waals surface area contributed by atoms with Crippen LogP contribution in [0.4, 0.5) is 0 Å². The van der Waals surface area contributed by atoms with Gasteiger partial charge in [0.15, 0.2) is 0 Å². The molecule has 0 atom stereocenters.